The number of aromatic amines is 1. The van der Waals surface area contributed by atoms with Gasteiger partial charge in [0.05, 0.1) is 11.6 Å². The fourth-order valence-electron chi connectivity index (χ4n) is 2.19. The van der Waals surface area contributed by atoms with Crippen LogP contribution in [0.2, 0.25) is 5.02 Å². The summed E-state index contributed by atoms with van der Waals surface area (Å²) >= 11 is 6.26. The largest absolute Gasteiger partial charge is 0.350 e. The van der Waals surface area contributed by atoms with Crippen molar-refractivity contribution < 1.29 is 9.59 Å². The molecular formula is C16H20ClN3O2. The molecule has 118 valence electrons. The molecule has 0 aliphatic heterocycles. The van der Waals surface area contributed by atoms with Crippen molar-refractivity contribution in [2.24, 2.45) is 0 Å². The number of para-hydroxylation sites is 1. The molecule has 1 heterocycles. The number of rotatable bonds is 3. The molecule has 0 spiro atoms. The van der Waals surface area contributed by atoms with Crippen LogP contribution < -0.4 is 5.32 Å². The molecule has 0 fully saturated rings. The molecule has 0 atom stereocenters. The molecule has 2 rings (SSSR count). The Kier molecular flexibility index (Phi) is 4.47. The number of fused-ring (bicyclic) bond motifs is 1. The van der Waals surface area contributed by atoms with E-state index in [-0.39, 0.29) is 23.9 Å². The van der Waals surface area contributed by atoms with Crippen LogP contribution in [0.1, 0.15) is 31.3 Å². The highest BCUT2D eigenvalue weighted by atomic mass is 35.5. The Labute approximate surface area is 134 Å². The van der Waals surface area contributed by atoms with E-state index in [4.69, 9.17) is 11.6 Å². The highest BCUT2D eigenvalue weighted by Crippen LogP contribution is 2.27. The Hall–Kier alpha value is -2.01. The Bertz CT molecular complexity index is 716. The zero-order valence-electron chi connectivity index (χ0n) is 13.2. The molecule has 0 saturated heterocycles. The topological polar surface area (TPSA) is 65.2 Å². The van der Waals surface area contributed by atoms with E-state index in [2.05, 4.69) is 10.3 Å². The maximum absolute atomic E-state index is 12.5. The normalized spacial score (nSPS) is 11.5. The fourth-order valence-corrected chi connectivity index (χ4v) is 2.48. The molecule has 0 saturated carbocycles. The summed E-state index contributed by atoms with van der Waals surface area (Å²) in [6.07, 6.45) is 0. The predicted octanol–water partition coefficient (Wildman–Crippen LogP) is 2.81. The number of hydrogen-bond acceptors (Lipinski definition) is 2. The van der Waals surface area contributed by atoms with Gasteiger partial charge in [-0.2, -0.15) is 0 Å². The van der Waals surface area contributed by atoms with Gasteiger partial charge in [-0.15, -0.1) is 0 Å². The number of halogens is 1. The third-order valence-electron chi connectivity index (χ3n) is 3.10. The Morgan fingerprint density at radius 3 is 2.50 bits per heavy atom. The van der Waals surface area contributed by atoms with Gasteiger partial charge in [-0.3, -0.25) is 9.59 Å². The average Bonchev–Trinajstić information content (AvgIpc) is 2.73. The van der Waals surface area contributed by atoms with Gasteiger partial charge in [0.1, 0.15) is 5.69 Å². The number of likely N-dealkylation sites (N-methyl/N-ethyl adjacent to an activating group) is 1. The van der Waals surface area contributed by atoms with Gasteiger partial charge in [-0.05, 0) is 26.8 Å². The van der Waals surface area contributed by atoms with Crippen LogP contribution >= 0.6 is 11.6 Å². The van der Waals surface area contributed by atoms with Crippen LogP contribution in [0.15, 0.2) is 24.3 Å². The van der Waals surface area contributed by atoms with Crippen LogP contribution in [0.25, 0.3) is 10.9 Å². The van der Waals surface area contributed by atoms with E-state index in [1.165, 1.54) is 4.90 Å². The number of carbonyl (C=O) groups is 2. The fraction of sp³-hybridized carbons (Fsp3) is 0.375. The van der Waals surface area contributed by atoms with Crippen molar-refractivity contribution in [3.8, 4) is 0 Å². The first-order chi connectivity index (χ1) is 10.2. The average molecular weight is 322 g/mol. The van der Waals surface area contributed by atoms with Crippen molar-refractivity contribution in [1.82, 2.24) is 15.2 Å². The molecule has 0 aliphatic carbocycles. The van der Waals surface area contributed by atoms with Gasteiger partial charge in [0.2, 0.25) is 5.91 Å². The third-order valence-corrected chi connectivity index (χ3v) is 3.49. The highest BCUT2D eigenvalue weighted by molar-refractivity contribution is 6.38. The summed E-state index contributed by atoms with van der Waals surface area (Å²) in [7, 11) is 1.58. The molecule has 0 aliphatic rings. The summed E-state index contributed by atoms with van der Waals surface area (Å²) in [6, 6.07) is 7.42. The Balaban J connectivity index is 2.16. The zero-order valence-corrected chi connectivity index (χ0v) is 13.9. The maximum atomic E-state index is 12.5. The maximum Gasteiger partial charge on any atom is 0.272 e. The van der Waals surface area contributed by atoms with Gasteiger partial charge < -0.3 is 15.2 Å². The number of amides is 2. The molecular weight excluding hydrogens is 302 g/mol. The monoisotopic (exact) mass is 321 g/mol. The van der Waals surface area contributed by atoms with E-state index in [1.807, 2.05) is 45.0 Å². The first-order valence-electron chi connectivity index (χ1n) is 7.02. The first kappa shape index (κ1) is 16.4. The lowest BCUT2D eigenvalue weighted by Gasteiger charge is -2.23. The van der Waals surface area contributed by atoms with E-state index >= 15 is 0 Å². The zero-order chi connectivity index (χ0) is 16.5. The van der Waals surface area contributed by atoms with E-state index in [9.17, 15) is 9.59 Å². The number of carbonyl (C=O) groups excluding carboxylic acids is 2. The SMILES string of the molecule is CN(CC(=O)NC(C)(C)C)C(=O)c1[nH]c2ccccc2c1Cl. The summed E-state index contributed by atoms with van der Waals surface area (Å²) in [5.41, 5.74) is 0.761. The number of nitrogens with zero attached hydrogens (tertiary/aromatic N) is 1. The minimum Gasteiger partial charge on any atom is -0.350 e. The highest BCUT2D eigenvalue weighted by Gasteiger charge is 2.22. The van der Waals surface area contributed by atoms with Crippen molar-refractivity contribution in [3.63, 3.8) is 0 Å². The van der Waals surface area contributed by atoms with E-state index in [0.29, 0.717) is 10.7 Å². The van der Waals surface area contributed by atoms with Crippen molar-refractivity contribution >= 4 is 34.3 Å². The van der Waals surface area contributed by atoms with Gasteiger partial charge in [-0.25, -0.2) is 0 Å². The van der Waals surface area contributed by atoms with E-state index in [0.717, 1.165) is 10.9 Å². The molecule has 6 heteroatoms. The van der Waals surface area contributed by atoms with Crippen molar-refractivity contribution in [2.75, 3.05) is 13.6 Å². The number of nitrogens with one attached hydrogen (secondary N) is 2. The van der Waals surface area contributed by atoms with Crippen LogP contribution in [0.4, 0.5) is 0 Å². The molecule has 2 N–H and O–H groups in total. The minimum absolute atomic E-state index is 0.0260. The third kappa shape index (κ3) is 3.60. The Morgan fingerprint density at radius 1 is 1.27 bits per heavy atom. The lowest BCUT2D eigenvalue weighted by Crippen LogP contribution is -2.46. The van der Waals surface area contributed by atoms with E-state index in [1.54, 1.807) is 7.05 Å². The molecule has 1 aromatic heterocycles. The van der Waals surface area contributed by atoms with Gasteiger partial charge in [-0.1, -0.05) is 29.8 Å². The number of aromatic nitrogens is 1. The number of H-pyrrole nitrogens is 1. The van der Waals surface area contributed by atoms with Crippen LogP contribution in [0, 0.1) is 0 Å². The molecule has 0 radical (unpaired) electrons. The standard InChI is InChI=1S/C16H20ClN3O2/c1-16(2,3)19-12(21)9-20(4)15(22)14-13(17)10-7-5-6-8-11(10)18-14/h5-8,18H,9H2,1-4H3,(H,19,21). The first-order valence-corrected chi connectivity index (χ1v) is 7.39. The van der Waals surface area contributed by atoms with Crippen molar-refractivity contribution in [1.29, 1.82) is 0 Å². The summed E-state index contributed by atoms with van der Waals surface area (Å²) in [4.78, 5) is 28.7. The quantitative estimate of drug-likeness (QED) is 0.913. The molecule has 2 amide bonds. The second-order valence-electron chi connectivity index (χ2n) is 6.32. The van der Waals surface area contributed by atoms with Crippen LogP contribution in [-0.2, 0) is 4.79 Å². The smallest absolute Gasteiger partial charge is 0.272 e. The van der Waals surface area contributed by atoms with Crippen LogP contribution in [0.3, 0.4) is 0 Å². The summed E-state index contributed by atoms with van der Waals surface area (Å²) < 4.78 is 0. The van der Waals surface area contributed by atoms with E-state index < -0.39 is 0 Å². The van der Waals surface area contributed by atoms with Gasteiger partial charge in [0.25, 0.3) is 5.91 Å². The predicted molar refractivity (Wildman–Crippen MR) is 88.2 cm³/mol. The van der Waals surface area contributed by atoms with Gasteiger partial charge >= 0.3 is 0 Å². The molecule has 2 aromatic rings. The lowest BCUT2D eigenvalue weighted by atomic mass is 10.1. The second kappa shape index (κ2) is 6.01. The number of hydrogen-bond donors (Lipinski definition) is 2. The molecule has 1 aromatic carbocycles. The van der Waals surface area contributed by atoms with Crippen molar-refractivity contribution in [3.05, 3.63) is 35.0 Å². The van der Waals surface area contributed by atoms with Crippen molar-refractivity contribution in [2.45, 2.75) is 26.3 Å². The van der Waals surface area contributed by atoms with Crippen LogP contribution in [0.5, 0.6) is 0 Å². The number of benzene rings is 1. The molecule has 0 bridgehead atoms. The molecule has 0 unspecified atom stereocenters. The second-order valence-corrected chi connectivity index (χ2v) is 6.70. The minimum atomic E-state index is -0.334. The van der Waals surface area contributed by atoms with Gasteiger partial charge in [0.15, 0.2) is 0 Å². The molecule has 22 heavy (non-hydrogen) atoms. The lowest BCUT2D eigenvalue weighted by molar-refractivity contribution is -0.122. The summed E-state index contributed by atoms with van der Waals surface area (Å²) in [5, 5.41) is 3.99. The van der Waals surface area contributed by atoms with Crippen LogP contribution in [-0.4, -0.2) is 40.8 Å². The molecule has 5 nitrogen and oxygen atoms in total. The van der Waals surface area contributed by atoms with Gasteiger partial charge in [0, 0.05) is 23.5 Å². The Morgan fingerprint density at radius 2 is 1.91 bits per heavy atom. The summed E-state index contributed by atoms with van der Waals surface area (Å²) in [5.74, 6) is -0.527. The summed E-state index contributed by atoms with van der Waals surface area (Å²) in [6.45, 7) is 5.64.